The SMILES string of the molecule is [2H]c1cc(-c2nc(-c3cc(-c4cccc(C5=NCCC=N5)c4)cc(-c4c([2H])c([2H])c([2H])c5c([2H])c([2H])c([2H])c([2H])c45)c3)nc(-c3c([2H])c([2H])c([2H])c([2H])c3[2H])n2)c([2H])c([2H])c1[2H]. The molecule has 0 unspecified atom stereocenters. The fourth-order valence-electron chi connectivity index (χ4n) is 5.02. The van der Waals surface area contributed by atoms with E-state index < -0.39 is 108 Å². The van der Waals surface area contributed by atoms with Gasteiger partial charge >= 0.3 is 0 Å². The van der Waals surface area contributed by atoms with Crippen LogP contribution in [-0.4, -0.2) is 33.5 Å². The van der Waals surface area contributed by atoms with Crippen LogP contribution in [0.3, 0.4) is 0 Å². The Morgan fingerprint density at radius 3 is 2.00 bits per heavy atom. The molecule has 0 saturated heterocycles. The summed E-state index contributed by atoms with van der Waals surface area (Å²) >= 11 is 0. The van der Waals surface area contributed by atoms with Crippen molar-refractivity contribution in [1.29, 1.82) is 0 Å². The number of aliphatic imine (C=N–C) groups is 2. The summed E-state index contributed by atoms with van der Waals surface area (Å²) < 4.78 is 137. The highest BCUT2D eigenvalue weighted by atomic mass is 15.0. The van der Waals surface area contributed by atoms with Gasteiger partial charge in [-0.3, -0.25) is 4.99 Å². The molecule has 218 valence electrons. The van der Waals surface area contributed by atoms with Crippen LogP contribution in [0.4, 0.5) is 0 Å². The van der Waals surface area contributed by atoms with E-state index in [2.05, 4.69) is 24.9 Å². The van der Waals surface area contributed by atoms with E-state index in [1.165, 1.54) is 6.07 Å². The number of rotatable bonds is 6. The van der Waals surface area contributed by atoms with Gasteiger partial charge in [0, 0.05) is 41.4 Å². The molecule has 1 aliphatic heterocycles. The molecule has 6 aromatic carbocycles. The van der Waals surface area contributed by atoms with Gasteiger partial charge in [-0.1, -0.05) is 121 Å². The summed E-state index contributed by atoms with van der Waals surface area (Å²) in [5, 5.41) is -0.473. The van der Waals surface area contributed by atoms with Crippen molar-refractivity contribution in [2.45, 2.75) is 6.42 Å². The summed E-state index contributed by atoms with van der Waals surface area (Å²) in [7, 11) is 0. The van der Waals surface area contributed by atoms with E-state index in [1.807, 2.05) is 6.07 Å². The molecule has 0 amide bonds. The Bertz CT molecular complexity index is 3130. The number of hydrogen-bond acceptors (Lipinski definition) is 5. The highest BCUT2D eigenvalue weighted by Crippen LogP contribution is 2.36. The molecule has 1 aliphatic rings. The van der Waals surface area contributed by atoms with E-state index in [-0.39, 0.29) is 44.7 Å². The number of fused-ring (bicyclic) bond motifs is 1. The monoisotopic (exact) mass is 607 g/mol. The lowest BCUT2D eigenvalue weighted by molar-refractivity contribution is 1.03. The Balaban J connectivity index is 1.50. The van der Waals surface area contributed by atoms with Gasteiger partial charge in [0.1, 0.15) is 0 Å². The van der Waals surface area contributed by atoms with E-state index in [1.54, 1.807) is 36.5 Å². The highest BCUT2D eigenvalue weighted by Gasteiger charge is 2.16. The fraction of sp³-hybridized carbons (Fsp3) is 0.0488. The molecule has 46 heavy (non-hydrogen) atoms. The summed E-state index contributed by atoms with van der Waals surface area (Å²) in [6, 6.07) is 3.38. The fourth-order valence-corrected chi connectivity index (χ4v) is 5.02. The zero-order valence-corrected chi connectivity index (χ0v) is 23.8. The summed E-state index contributed by atoms with van der Waals surface area (Å²) in [4.78, 5) is 22.6. The summed E-state index contributed by atoms with van der Waals surface area (Å²) in [5.41, 5.74) is 1.12. The number of aromatic nitrogens is 3. The van der Waals surface area contributed by atoms with Crippen molar-refractivity contribution < 1.29 is 21.9 Å². The van der Waals surface area contributed by atoms with Crippen LogP contribution in [0.1, 0.15) is 33.9 Å². The van der Waals surface area contributed by atoms with Gasteiger partial charge in [0.25, 0.3) is 0 Å². The summed E-state index contributed by atoms with van der Waals surface area (Å²) in [5.74, 6) is -0.541. The largest absolute Gasteiger partial charge is 0.266 e. The first kappa shape index (κ1) is 15.3. The third-order valence-electron chi connectivity index (χ3n) is 7.13. The molecule has 0 saturated carbocycles. The molecular formula is C41H29N5. The van der Waals surface area contributed by atoms with Crippen LogP contribution in [0.25, 0.3) is 67.2 Å². The van der Waals surface area contributed by atoms with Crippen LogP contribution in [0.15, 0.2) is 155 Å². The predicted molar refractivity (Wildman–Crippen MR) is 189 cm³/mol. The molecular weight excluding hydrogens is 562 g/mol. The van der Waals surface area contributed by atoms with Gasteiger partial charge in [-0.2, -0.15) is 0 Å². The quantitative estimate of drug-likeness (QED) is 0.189. The molecule has 0 radical (unpaired) electrons. The lowest BCUT2D eigenvalue weighted by Gasteiger charge is -2.14. The number of amidine groups is 1. The van der Waals surface area contributed by atoms with Crippen molar-refractivity contribution in [3.05, 3.63) is 151 Å². The third kappa shape index (κ3) is 5.51. The van der Waals surface area contributed by atoms with Crippen LogP contribution in [0, 0.1) is 0 Å². The number of hydrogen-bond donors (Lipinski definition) is 0. The van der Waals surface area contributed by atoms with Gasteiger partial charge in [-0.15, -0.1) is 0 Å². The molecule has 5 heteroatoms. The van der Waals surface area contributed by atoms with Gasteiger partial charge in [-0.05, 0) is 57.3 Å². The van der Waals surface area contributed by atoms with E-state index in [4.69, 9.17) is 21.9 Å². The van der Waals surface area contributed by atoms with Gasteiger partial charge in [-0.25, -0.2) is 19.9 Å². The van der Waals surface area contributed by atoms with E-state index >= 15 is 0 Å². The molecule has 0 fully saturated rings. The molecule has 0 bridgehead atoms. The molecule has 0 atom stereocenters. The molecule has 0 spiro atoms. The van der Waals surface area contributed by atoms with Gasteiger partial charge in [0.15, 0.2) is 23.3 Å². The van der Waals surface area contributed by atoms with Crippen molar-refractivity contribution in [3.8, 4) is 56.4 Å². The average molecular weight is 608 g/mol. The van der Waals surface area contributed by atoms with Crippen molar-refractivity contribution >= 4 is 22.8 Å². The second kappa shape index (κ2) is 12.1. The molecule has 0 aliphatic carbocycles. The van der Waals surface area contributed by atoms with Crippen LogP contribution in [-0.2, 0) is 0 Å². The van der Waals surface area contributed by atoms with Crippen molar-refractivity contribution in [2.24, 2.45) is 9.98 Å². The number of nitrogens with zero attached hydrogens (tertiary/aromatic N) is 5. The van der Waals surface area contributed by atoms with Gasteiger partial charge in [0.05, 0.1) is 21.9 Å². The van der Waals surface area contributed by atoms with E-state index in [0.717, 1.165) is 6.07 Å². The lowest BCUT2D eigenvalue weighted by Crippen LogP contribution is -2.04. The van der Waals surface area contributed by atoms with Crippen molar-refractivity contribution in [3.63, 3.8) is 0 Å². The first-order valence-corrected chi connectivity index (χ1v) is 14.2. The highest BCUT2D eigenvalue weighted by molar-refractivity contribution is 6.05. The molecule has 1 aromatic heterocycles. The molecule has 5 nitrogen and oxygen atoms in total. The average Bonchev–Trinajstić information content (AvgIpc) is 3.28. The second-order valence-electron chi connectivity index (χ2n) is 10.1. The van der Waals surface area contributed by atoms with Crippen LogP contribution < -0.4 is 0 Å². The molecule has 2 heterocycles. The molecule has 7 aromatic rings. The van der Waals surface area contributed by atoms with Gasteiger partial charge in [0.2, 0.25) is 0 Å². The lowest BCUT2D eigenvalue weighted by atomic mass is 9.92. The number of benzene rings is 6. The summed E-state index contributed by atoms with van der Waals surface area (Å²) in [6.45, 7) is 0.529. The maximum atomic E-state index is 9.15. The Morgan fingerprint density at radius 2 is 1.15 bits per heavy atom. The van der Waals surface area contributed by atoms with Crippen molar-refractivity contribution in [2.75, 3.05) is 6.54 Å². The zero-order chi connectivity index (χ0) is 44.6. The smallest absolute Gasteiger partial charge is 0.164 e. The first-order valence-electron chi connectivity index (χ1n) is 22.2. The minimum absolute atomic E-state index is 0.115. The van der Waals surface area contributed by atoms with Crippen LogP contribution in [0.2, 0.25) is 0 Å². The second-order valence-corrected chi connectivity index (χ2v) is 10.1. The molecule has 8 rings (SSSR count). The van der Waals surface area contributed by atoms with Crippen LogP contribution >= 0.6 is 0 Å². The Labute approximate surface area is 290 Å². The summed E-state index contributed by atoms with van der Waals surface area (Å²) in [6.07, 6.45) is 2.43. The minimum Gasteiger partial charge on any atom is -0.266 e. The topological polar surface area (TPSA) is 63.4 Å². The third-order valence-corrected chi connectivity index (χ3v) is 7.13. The van der Waals surface area contributed by atoms with Gasteiger partial charge < -0.3 is 0 Å². The van der Waals surface area contributed by atoms with E-state index in [0.29, 0.717) is 35.5 Å². The zero-order valence-electron chi connectivity index (χ0n) is 39.8. The minimum atomic E-state index is -0.689. The van der Waals surface area contributed by atoms with Crippen LogP contribution in [0.5, 0.6) is 0 Å². The normalized spacial score (nSPS) is 17.5. The van der Waals surface area contributed by atoms with E-state index in [9.17, 15) is 0 Å². The predicted octanol–water partition coefficient (Wildman–Crippen LogP) is 9.58. The first-order chi connectivity index (χ1) is 29.4. The van der Waals surface area contributed by atoms with Crippen molar-refractivity contribution in [1.82, 2.24) is 15.0 Å². The Kier molecular flexibility index (Phi) is 4.03. The standard InChI is InChI=1S/C41H29N5/c1-3-13-29(14-4-1)39-44-40(30-15-5-2-6-16-30)46-41(45-39)35-26-33(31-18-9-19-32(24-31)38-42-22-11-23-43-38)25-34(27-35)37-21-10-17-28-12-7-8-20-36(28)37/h1-10,12-22,24-27H,11,23H2/i1D,2D,3D,4D,5D,6D,7D,8D,10D,12D,13D,14D,15D,17D,20D,21D. The maximum Gasteiger partial charge on any atom is 0.164 e. The Morgan fingerprint density at radius 1 is 0.500 bits per heavy atom. The maximum absolute atomic E-state index is 9.15. The molecule has 0 N–H and O–H groups in total. The Hall–Kier alpha value is -6.07.